The van der Waals surface area contributed by atoms with Crippen LogP contribution in [0.15, 0.2) is 24.3 Å². The summed E-state index contributed by atoms with van der Waals surface area (Å²) < 4.78 is 0. The summed E-state index contributed by atoms with van der Waals surface area (Å²) in [5.41, 5.74) is 0.541. The molecule has 0 radical (unpaired) electrons. The van der Waals surface area contributed by atoms with Gasteiger partial charge in [-0.25, -0.2) is 0 Å². The van der Waals surface area contributed by atoms with Gasteiger partial charge < -0.3 is 10.0 Å². The monoisotopic (exact) mass is 343 g/mol. The fourth-order valence-corrected chi connectivity index (χ4v) is 3.50. The molecule has 1 atom stereocenters. The number of benzene rings is 1. The van der Waals surface area contributed by atoms with Gasteiger partial charge in [-0.05, 0) is 37.0 Å². The van der Waals surface area contributed by atoms with Crippen LogP contribution in [0.1, 0.15) is 31.2 Å². The average molecular weight is 344 g/mol. The van der Waals surface area contributed by atoms with E-state index in [9.17, 15) is 9.59 Å². The van der Waals surface area contributed by atoms with E-state index in [-0.39, 0.29) is 18.3 Å². The van der Waals surface area contributed by atoms with Crippen LogP contribution in [0, 0.1) is 5.92 Å². The molecule has 1 heterocycles. The third kappa shape index (κ3) is 2.82. The van der Waals surface area contributed by atoms with Gasteiger partial charge in [0.25, 0.3) is 0 Å². The number of amides is 1. The molecule has 6 heteroatoms. The average Bonchev–Trinajstić information content (AvgIpc) is 2.89. The highest BCUT2D eigenvalue weighted by Crippen LogP contribution is 2.46. The van der Waals surface area contributed by atoms with E-state index in [1.165, 1.54) is 0 Å². The minimum absolute atomic E-state index is 0. The largest absolute Gasteiger partial charge is 0.481 e. The molecular formula is C16H19Cl2NO3. The molecule has 3 rings (SSSR count). The van der Waals surface area contributed by atoms with Crippen molar-refractivity contribution in [2.75, 3.05) is 13.1 Å². The molecule has 0 aromatic heterocycles. The molecule has 4 nitrogen and oxygen atoms in total. The number of halogens is 2. The van der Waals surface area contributed by atoms with Gasteiger partial charge in [0, 0.05) is 18.1 Å². The molecule has 2 aliphatic rings. The minimum Gasteiger partial charge on any atom is -0.481 e. The van der Waals surface area contributed by atoms with Crippen molar-refractivity contribution in [3.63, 3.8) is 0 Å². The van der Waals surface area contributed by atoms with Crippen molar-refractivity contribution >= 4 is 35.9 Å². The second-order valence-corrected chi connectivity index (χ2v) is 6.45. The number of aliphatic carboxylic acids is 1. The zero-order chi connectivity index (χ0) is 15.0. The van der Waals surface area contributed by atoms with Gasteiger partial charge in [-0.15, -0.1) is 12.4 Å². The van der Waals surface area contributed by atoms with Gasteiger partial charge in [-0.1, -0.05) is 30.2 Å². The van der Waals surface area contributed by atoms with Crippen LogP contribution in [0.2, 0.25) is 5.02 Å². The van der Waals surface area contributed by atoms with Crippen LogP contribution in [0.25, 0.3) is 0 Å². The predicted molar refractivity (Wildman–Crippen MR) is 86.6 cm³/mol. The lowest BCUT2D eigenvalue weighted by Gasteiger charge is -2.43. The Hall–Kier alpha value is -1.26. The first-order valence-corrected chi connectivity index (χ1v) is 7.69. The molecule has 1 aromatic carbocycles. The topological polar surface area (TPSA) is 57.6 Å². The van der Waals surface area contributed by atoms with Crippen molar-refractivity contribution in [3.05, 3.63) is 34.9 Å². The van der Waals surface area contributed by atoms with Gasteiger partial charge in [-0.2, -0.15) is 0 Å². The summed E-state index contributed by atoms with van der Waals surface area (Å²) in [6, 6.07) is 7.47. The van der Waals surface area contributed by atoms with Gasteiger partial charge in [0.2, 0.25) is 5.91 Å². The first kappa shape index (κ1) is 17.1. The van der Waals surface area contributed by atoms with Crippen molar-refractivity contribution in [2.45, 2.75) is 31.1 Å². The molecular weight excluding hydrogens is 325 g/mol. The third-order valence-electron chi connectivity index (χ3n) is 4.84. The van der Waals surface area contributed by atoms with E-state index in [2.05, 4.69) is 0 Å². The van der Waals surface area contributed by atoms with Crippen LogP contribution in [0.4, 0.5) is 0 Å². The molecule has 1 amide bonds. The lowest BCUT2D eigenvalue weighted by molar-refractivity contribution is -0.142. The second kappa shape index (κ2) is 6.47. The van der Waals surface area contributed by atoms with Crippen molar-refractivity contribution < 1.29 is 14.7 Å². The third-order valence-corrected chi connectivity index (χ3v) is 5.09. The standard InChI is InChI=1S/C16H18ClNO3.ClH/c17-13-4-2-12(3-5-13)16(7-1-8-16)15(21)18-9-6-11(10-18)14(19)20;/h2-5,11H,1,6-10H2,(H,19,20);1H. The summed E-state index contributed by atoms with van der Waals surface area (Å²) in [7, 11) is 0. The highest BCUT2D eigenvalue weighted by molar-refractivity contribution is 6.30. The van der Waals surface area contributed by atoms with E-state index in [1.54, 1.807) is 4.90 Å². The Kier molecular flexibility index (Phi) is 5.03. The van der Waals surface area contributed by atoms with Crippen LogP contribution in [-0.2, 0) is 15.0 Å². The van der Waals surface area contributed by atoms with E-state index in [1.807, 2.05) is 24.3 Å². The number of rotatable bonds is 3. The molecule has 1 aliphatic heterocycles. The van der Waals surface area contributed by atoms with Crippen molar-refractivity contribution in [1.82, 2.24) is 4.90 Å². The van der Waals surface area contributed by atoms with Crippen LogP contribution < -0.4 is 0 Å². The molecule has 2 fully saturated rings. The van der Waals surface area contributed by atoms with E-state index in [4.69, 9.17) is 16.7 Å². The zero-order valence-electron chi connectivity index (χ0n) is 12.1. The maximum Gasteiger partial charge on any atom is 0.308 e. The Labute approximate surface area is 140 Å². The SMILES string of the molecule is Cl.O=C(O)C1CCN(C(=O)C2(c3ccc(Cl)cc3)CCC2)C1. The first-order chi connectivity index (χ1) is 10.0. The molecule has 1 N–H and O–H groups in total. The summed E-state index contributed by atoms with van der Waals surface area (Å²) in [6.07, 6.45) is 3.26. The number of likely N-dealkylation sites (tertiary alicyclic amines) is 1. The first-order valence-electron chi connectivity index (χ1n) is 7.31. The number of carbonyl (C=O) groups is 2. The van der Waals surface area contributed by atoms with Gasteiger partial charge in [0.05, 0.1) is 11.3 Å². The summed E-state index contributed by atoms with van der Waals surface area (Å²) in [5.74, 6) is -1.14. The van der Waals surface area contributed by atoms with Gasteiger partial charge in [0.15, 0.2) is 0 Å². The number of nitrogens with zero attached hydrogens (tertiary/aromatic N) is 1. The molecule has 1 aromatic rings. The maximum absolute atomic E-state index is 12.9. The summed E-state index contributed by atoms with van der Waals surface area (Å²) in [6.45, 7) is 0.884. The number of hydrogen-bond donors (Lipinski definition) is 1. The number of hydrogen-bond acceptors (Lipinski definition) is 2. The smallest absolute Gasteiger partial charge is 0.308 e. The van der Waals surface area contributed by atoms with Crippen LogP contribution >= 0.6 is 24.0 Å². The van der Waals surface area contributed by atoms with E-state index in [0.29, 0.717) is 24.5 Å². The summed E-state index contributed by atoms with van der Waals surface area (Å²) in [5, 5.41) is 9.74. The Balaban J connectivity index is 0.00000176. The summed E-state index contributed by atoms with van der Waals surface area (Å²) >= 11 is 5.92. The lowest BCUT2D eigenvalue weighted by atomic mass is 9.63. The molecule has 0 bridgehead atoms. The minimum atomic E-state index is -0.806. The molecule has 1 saturated carbocycles. The predicted octanol–water partition coefficient (Wildman–Crippen LogP) is 3.12. The van der Waals surface area contributed by atoms with Gasteiger partial charge >= 0.3 is 5.97 Å². The Morgan fingerprint density at radius 3 is 2.32 bits per heavy atom. The normalized spacial score (nSPS) is 22.6. The fraction of sp³-hybridized carbons (Fsp3) is 0.500. The second-order valence-electron chi connectivity index (χ2n) is 6.02. The zero-order valence-corrected chi connectivity index (χ0v) is 13.7. The van der Waals surface area contributed by atoms with Crippen molar-refractivity contribution in [3.8, 4) is 0 Å². The molecule has 1 saturated heterocycles. The number of carbonyl (C=O) groups excluding carboxylic acids is 1. The van der Waals surface area contributed by atoms with E-state index in [0.717, 1.165) is 24.8 Å². The molecule has 22 heavy (non-hydrogen) atoms. The molecule has 1 unspecified atom stereocenters. The van der Waals surface area contributed by atoms with Crippen LogP contribution in [0.5, 0.6) is 0 Å². The summed E-state index contributed by atoms with van der Waals surface area (Å²) in [4.78, 5) is 25.7. The Morgan fingerprint density at radius 1 is 1.23 bits per heavy atom. The molecule has 1 aliphatic carbocycles. The van der Waals surface area contributed by atoms with E-state index >= 15 is 0 Å². The van der Waals surface area contributed by atoms with Crippen molar-refractivity contribution in [2.24, 2.45) is 5.92 Å². The number of carboxylic acid groups (broad SMARTS) is 1. The van der Waals surface area contributed by atoms with Crippen LogP contribution in [0.3, 0.4) is 0 Å². The quantitative estimate of drug-likeness (QED) is 0.917. The van der Waals surface area contributed by atoms with Gasteiger partial charge in [0.1, 0.15) is 0 Å². The Morgan fingerprint density at radius 2 is 1.86 bits per heavy atom. The van der Waals surface area contributed by atoms with E-state index < -0.39 is 17.3 Å². The molecule has 120 valence electrons. The maximum atomic E-state index is 12.9. The Bertz CT molecular complexity index is 569. The highest BCUT2D eigenvalue weighted by Gasteiger charge is 2.49. The fourth-order valence-electron chi connectivity index (χ4n) is 3.37. The number of carboxylic acids is 1. The molecule has 0 spiro atoms. The van der Waals surface area contributed by atoms with Gasteiger partial charge in [-0.3, -0.25) is 9.59 Å². The lowest BCUT2D eigenvalue weighted by Crippen LogP contribution is -2.50. The van der Waals surface area contributed by atoms with Crippen LogP contribution in [-0.4, -0.2) is 35.0 Å². The van der Waals surface area contributed by atoms with Crippen molar-refractivity contribution in [1.29, 1.82) is 0 Å². The highest BCUT2D eigenvalue weighted by atomic mass is 35.5.